The Morgan fingerprint density at radius 1 is 1.45 bits per heavy atom. The lowest BCUT2D eigenvalue weighted by Crippen LogP contribution is -2.31. The molecule has 0 saturated heterocycles. The van der Waals surface area contributed by atoms with Crippen LogP contribution in [-0.4, -0.2) is 16.0 Å². The lowest BCUT2D eigenvalue weighted by molar-refractivity contribution is 0.516. The van der Waals surface area contributed by atoms with Crippen LogP contribution in [-0.2, 0) is 6.54 Å². The zero-order valence-electron chi connectivity index (χ0n) is 11.6. The molecule has 0 bridgehead atoms. The van der Waals surface area contributed by atoms with E-state index in [-0.39, 0.29) is 6.04 Å². The van der Waals surface area contributed by atoms with Crippen molar-refractivity contribution in [3.05, 3.63) is 46.2 Å². The van der Waals surface area contributed by atoms with Gasteiger partial charge in [0.05, 0.1) is 22.4 Å². The Morgan fingerprint density at radius 3 is 2.85 bits per heavy atom. The molecule has 20 heavy (non-hydrogen) atoms. The fourth-order valence-electron chi connectivity index (χ4n) is 2.27. The highest BCUT2D eigenvalue weighted by Gasteiger charge is 2.22. The highest BCUT2D eigenvalue weighted by atomic mass is 79.9. The first-order valence-corrected chi connectivity index (χ1v) is 8.54. The van der Waals surface area contributed by atoms with Gasteiger partial charge in [0.25, 0.3) is 0 Å². The fourth-order valence-corrected chi connectivity index (χ4v) is 3.43. The number of thioether (sulfide) groups is 1. The molecule has 0 aliphatic rings. The monoisotopic (exact) mass is 354 g/mol. The summed E-state index contributed by atoms with van der Waals surface area (Å²) >= 11 is 5.31. The number of nitrogens with two attached hydrogens (primary N) is 1. The average Bonchev–Trinajstić information content (AvgIpc) is 2.83. The van der Waals surface area contributed by atoms with Crippen LogP contribution in [0.1, 0.15) is 30.6 Å². The molecule has 108 valence electrons. The Bertz CT molecular complexity index is 570. The molecule has 0 radical (unpaired) electrons. The molecule has 6 heteroatoms. The predicted molar refractivity (Wildman–Crippen MR) is 87.6 cm³/mol. The molecule has 1 unspecified atom stereocenters. The van der Waals surface area contributed by atoms with Gasteiger partial charge in [-0.1, -0.05) is 25.1 Å². The summed E-state index contributed by atoms with van der Waals surface area (Å²) in [5, 5.41) is 4.42. The Hall–Kier alpha value is -0.820. The first-order valence-electron chi connectivity index (χ1n) is 6.53. The number of nitrogens with zero attached hydrogens (tertiary/aromatic N) is 2. The minimum Gasteiger partial charge on any atom is -0.271 e. The maximum absolute atomic E-state index is 5.83. The van der Waals surface area contributed by atoms with E-state index in [9.17, 15) is 0 Å². The van der Waals surface area contributed by atoms with Gasteiger partial charge in [-0.2, -0.15) is 5.10 Å². The molecule has 0 amide bonds. The van der Waals surface area contributed by atoms with Crippen molar-refractivity contribution in [1.82, 2.24) is 15.2 Å². The second-order valence-electron chi connectivity index (χ2n) is 4.44. The van der Waals surface area contributed by atoms with Crippen molar-refractivity contribution in [2.45, 2.75) is 30.8 Å². The van der Waals surface area contributed by atoms with Crippen LogP contribution in [0.15, 0.2) is 39.8 Å². The van der Waals surface area contributed by atoms with Crippen molar-refractivity contribution < 1.29 is 0 Å². The van der Waals surface area contributed by atoms with Gasteiger partial charge in [-0.25, -0.2) is 5.43 Å². The highest BCUT2D eigenvalue weighted by Crippen LogP contribution is 2.33. The van der Waals surface area contributed by atoms with E-state index in [1.807, 2.05) is 23.0 Å². The van der Waals surface area contributed by atoms with E-state index in [4.69, 9.17) is 5.84 Å². The maximum atomic E-state index is 5.83. The number of benzene rings is 1. The summed E-state index contributed by atoms with van der Waals surface area (Å²) in [5.41, 5.74) is 5.16. The zero-order valence-corrected chi connectivity index (χ0v) is 14.0. The minimum absolute atomic E-state index is 0.0814. The Morgan fingerprint density at radius 2 is 2.20 bits per heavy atom. The molecule has 1 aromatic carbocycles. The van der Waals surface area contributed by atoms with Crippen LogP contribution in [0.25, 0.3) is 0 Å². The summed E-state index contributed by atoms with van der Waals surface area (Å²) in [6.07, 6.45) is 4.93. The van der Waals surface area contributed by atoms with Crippen molar-refractivity contribution in [2.75, 3.05) is 6.26 Å². The number of rotatable bonds is 6. The Labute approximate surface area is 132 Å². The van der Waals surface area contributed by atoms with Gasteiger partial charge in [-0.3, -0.25) is 10.5 Å². The first kappa shape index (κ1) is 15.6. The fraction of sp³-hybridized carbons (Fsp3) is 0.357. The van der Waals surface area contributed by atoms with Crippen molar-refractivity contribution in [2.24, 2.45) is 5.84 Å². The molecule has 1 aromatic heterocycles. The quantitative estimate of drug-likeness (QED) is 0.474. The normalized spacial score (nSPS) is 12.6. The molecule has 2 aromatic rings. The molecule has 0 aliphatic carbocycles. The third-order valence-corrected chi connectivity index (χ3v) is 4.58. The van der Waals surface area contributed by atoms with Crippen LogP contribution < -0.4 is 11.3 Å². The molecule has 0 fully saturated rings. The van der Waals surface area contributed by atoms with E-state index >= 15 is 0 Å². The van der Waals surface area contributed by atoms with E-state index in [1.165, 1.54) is 10.5 Å². The van der Waals surface area contributed by atoms with Crippen molar-refractivity contribution in [3.63, 3.8) is 0 Å². The molecule has 0 saturated carbocycles. The number of aromatic nitrogens is 2. The van der Waals surface area contributed by atoms with Crippen LogP contribution in [0, 0.1) is 0 Å². The maximum Gasteiger partial charge on any atom is 0.0900 e. The number of halogens is 1. The van der Waals surface area contributed by atoms with Gasteiger partial charge >= 0.3 is 0 Å². The predicted octanol–water partition coefficient (Wildman–Crippen LogP) is 3.33. The van der Waals surface area contributed by atoms with Gasteiger partial charge in [0, 0.05) is 11.4 Å². The molecule has 0 aliphatic heterocycles. The molecule has 4 nitrogen and oxygen atoms in total. The largest absolute Gasteiger partial charge is 0.271 e. The lowest BCUT2D eigenvalue weighted by atomic mass is 10.0. The van der Waals surface area contributed by atoms with Gasteiger partial charge in [0.1, 0.15) is 0 Å². The zero-order chi connectivity index (χ0) is 14.5. The van der Waals surface area contributed by atoms with E-state index in [1.54, 1.807) is 11.8 Å². The Kier molecular flexibility index (Phi) is 5.65. The number of hydrazine groups is 1. The number of hydrogen-bond acceptors (Lipinski definition) is 4. The lowest BCUT2D eigenvalue weighted by Gasteiger charge is -2.21. The molecular formula is C14H19BrN4S. The molecule has 1 atom stereocenters. The van der Waals surface area contributed by atoms with Gasteiger partial charge in [-0.05, 0) is 40.2 Å². The van der Waals surface area contributed by atoms with Crippen molar-refractivity contribution in [3.8, 4) is 0 Å². The van der Waals surface area contributed by atoms with Gasteiger partial charge in [0.15, 0.2) is 0 Å². The van der Waals surface area contributed by atoms with Gasteiger partial charge in [0.2, 0.25) is 0 Å². The second-order valence-corrected chi connectivity index (χ2v) is 6.14. The third kappa shape index (κ3) is 3.09. The molecule has 3 N–H and O–H groups in total. The van der Waals surface area contributed by atoms with Crippen LogP contribution in [0.2, 0.25) is 0 Å². The second kappa shape index (κ2) is 7.26. The van der Waals surface area contributed by atoms with Crippen LogP contribution >= 0.6 is 27.7 Å². The van der Waals surface area contributed by atoms with E-state index < -0.39 is 0 Å². The summed E-state index contributed by atoms with van der Waals surface area (Å²) < 4.78 is 2.98. The molecule has 1 heterocycles. The molecule has 2 rings (SSSR count). The van der Waals surface area contributed by atoms with Crippen molar-refractivity contribution in [1.29, 1.82) is 0 Å². The number of nitrogens with one attached hydrogen (secondary N) is 1. The smallest absolute Gasteiger partial charge is 0.0900 e. The van der Waals surface area contributed by atoms with E-state index in [0.29, 0.717) is 0 Å². The number of hydrogen-bond donors (Lipinski definition) is 2. The summed E-state index contributed by atoms with van der Waals surface area (Å²) in [7, 11) is 0. The van der Waals surface area contributed by atoms with Crippen LogP contribution in [0.5, 0.6) is 0 Å². The highest BCUT2D eigenvalue weighted by molar-refractivity contribution is 9.10. The molecule has 0 spiro atoms. The first-order chi connectivity index (χ1) is 9.72. The van der Waals surface area contributed by atoms with E-state index in [0.717, 1.165) is 23.1 Å². The van der Waals surface area contributed by atoms with Crippen molar-refractivity contribution >= 4 is 27.7 Å². The molecular weight excluding hydrogens is 336 g/mol. The minimum atomic E-state index is -0.0814. The summed E-state index contributed by atoms with van der Waals surface area (Å²) in [4.78, 5) is 1.21. The third-order valence-electron chi connectivity index (χ3n) is 3.16. The Balaban J connectivity index is 2.49. The SMILES string of the molecule is CCCn1ncc(Br)c1C(NN)c1ccccc1SC. The van der Waals surface area contributed by atoms with Gasteiger partial charge in [-0.15, -0.1) is 11.8 Å². The topological polar surface area (TPSA) is 55.9 Å². The number of aryl methyl sites for hydroxylation is 1. The van der Waals surface area contributed by atoms with Crippen LogP contribution in [0.4, 0.5) is 0 Å². The van der Waals surface area contributed by atoms with Gasteiger partial charge < -0.3 is 0 Å². The summed E-state index contributed by atoms with van der Waals surface area (Å²) in [6.45, 7) is 3.01. The summed E-state index contributed by atoms with van der Waals surface area (Å²) in [6, 6.07) is 8.21. The summed E-state index contributed by atoms with van der Waals surface area (Å²) in [5.74, 6) is 5.83. The van der Waals surface area contributed by atoms with Crippen LogP contribution in [0.3, 0.4) is 0 Å². The van der Waals surface area contributed by atoms with E-state index in [2.05, 4.69) is 51.8 Å². The average molecular weight is 355 g/mol. The standard InChI is InChI=1S/C14H19BrN4S/c1-3-8-19-14(11(15)9-17-19)13(18-16)10-6-4-5-7-12(10)20-2/h4-7,9,13,18H,3,8,16H2,1-2H3.